The second-order valence-corrected chi connectivity index (χ2v) is 10.5. The number of carboxylic acid groups (broad SMARTS) is 1. The minimum Gasteiger partial charge on any atom is -0.481 e. The second kappa shape index (κ2) is 8.53. The first-order chi connectivity index (χ1) is 14.3. The summed E-state index contributed by atoms with van der Waals surface area (Å²) in [5, 5.41) is 9.52. The van der Waals surface area contributed by atoms with Crippen molar-refractivity contribution in [2.45, 2.75) is 77.1 Å². The van der Waals surface area contributed by atoms with Crippen molar-refractivity contribution in [3.05, 3.63) is 46.1 Å². The highest BCUT2D eigenvalue weighted by molar-refractivity contribution is 6.31. The lowest BCUT2D eigenvalue weighted by Crippen LogP contribution is -2.47. The Morgan fingerprint density at radius 1 is 1.23 bits per heavy atom. The van der Waals surface area contributed by atoms with E-state index in [1.807, 2.05) is 18.2 Å². The minimum absolute atomic E-state index is 0.0220. The average molecular weight is 454 g/mol. The smallest absolute Gasteiger partial charge is 0.305 e. The number of hydrogen-bond donors (Lipinski definition) is 1. The summed E-state index contributed by atoms with van der Waals surface area (Å²) in [5.74, 6) is -4.12. The van der Waals surface area contributed by atoms with Crippen molar-refractivity contribution in [3.63, 3.8) is 0 Å². The van der Waals surface area contributed by atoms with E-state index in [4.69, 9.17) is 16.7 Å². The van der Waals surface area contributed by atoms with E-state index in [1.54, 1.807) is 0 Å². The van der Waals surface area contributed by atoms with Gasteiger partial charge in [0.2, 0.25) is 5.91 Å². The van der Waals surface area contributed by atoms with Gasteiger partial charge in [0.15, 0.2) is 0 Å². The number of carboxylic acids is 1. The van der Waals surface area contributed by atoms with Crippen molar-refractivity contribution >= 4 is 23.5 Å². The molecule has 0 spiro atoms. The molecule has 1 N–H and O–H groups in total. The fraction of sp³-hybridized carbons (Fsp3) is 0.583. The highest BCUT2D eigenvalue weighted by atomic mass is 35.5. The summed E-state index contributed by atoms with van der Waals surface area (Å²) in [7, 11) is 0. The van der Waals surface area contributed by atoms with Crippen molar-refractivity contribution in [2.24, 2.45) is 5.41 Å². The first kappa shape index (κ1) is 23.7. The predicted octanol–water partition coefficient (Wildman–Crippen LogP) is 5.97. The van der Waals surface area contributed by atoms with Gasteiger partial charge in [-0.05, 0) is 47.4 Å². The largest absolute Gasteiger partial charge is 0.481 e. The molecule has 4 nitrogen and oxygen atoms in total. The molecule has 1 aromatic carbocycles. The Morgan fingerprint density at radius 2 is 1.94 bits per heavy atom. The quantitative estimate of drug-likeness (QED) is 0.577. The molecular formula is C24H30ClF2NO3. The first-order valence-corrected chi connectivity index (χ1v) is 11.1. The van der Waals surface area contributed by atoms with Crippen LogP contribution in [0.25, 0.3) is 0 Å². The van der Waals surface area contributed by atoms with E-state index in [9.17, 15) is 18.4 Å². The van der Waals surface area contributed by atoms with Crippen LogP contribution in [0.1, 0.15) is 70.4 Å². The van der Waals surface area contributed by atoms with Gasteiger partial charge in [-0.3, -0.25) is 9.59 Å². The van der Waals surface area contributed by atoms with Gasteiger partial charge in [-0.2, -0.15) is 0 Å². The zero-order valence-corrected chi connectivity index (χ0v) is 19.1. The highest BCUT2D eigenvalue weighted by Crippen LogP contribution is 2.53. The van der Waals surface area contributed by atoms with Crippen molar-refractivity contribution in [1.29, 1.82) is 0 Å². The number of amides is 1. The predicted molar refractivity (Wildman–Crippen MR) is 116 cm³/mol. The van der Waals surface area contributed by atoms with Crippen LogP contribution in [0.3, 0.4) is 0 Å². The van der Waals surface area contributed by atoms with Crippen molar-refractivity contribution in [2.75, 3.05) is 6.54 Å². The number of carbonyl (C=O) groups excluding carboxylic acids is 1. The Hall–Kier alpha value is -1.95. The van der Waals surface area contributed by atoms with Gasteiger partial charge < -0.3 is 10.0 Å². The summed E-state index contributed by atoms with van der Waals surface area (Å²) in [6.07, 6.45) is 2.48. The molecule has 2 aliphatic rings. The molecule has 1 aliphatic carbocycles. The van der Waals surface area contributed by atoms with Crippen molar-refractivity contribution in [1.82, 2.24) is 4.90 Å². The summed E-state index contributed by atoms with van der Waals surface area (Å²) >= 11 is 6.58. The summed E-state index contributed by atoms with van der Waals surface area (Å²) in [6.45, 7) is 6.47. The fourth-order valence-electron chi connectivity index (χ4n) is 4.48. The highest BCUT2D eigenvalue weighted by Gasteiger charge is 2.51. The van der Waals surface area contributed by atoms with E-state index in [-0.39, 0.29) is 43.6 Å². The second-order valence-electron chi connectivity index (χ2n) is 10.0. The van der Waals surface area contributed by atoms with Gasteiger partial charge in [-0.1, -0.05) is 44.5 Å². The van der Waals surface area contributed by atoms with Crippen LogP contribution in [0.2, 0.25) is 5.02 Å². The SMILES string of the molecule is CC(C)(C)CCc1ccc(C23CCC(F)(F)CC2=CN(CCC(=O)O)C(=O)C3)cc1Cl. The Kier molecular flexibility index (Phi) is 6.52. The lowest BCUT2D eigenvalue weighted by atomic mass is 9.62. The number of rotatable bonds is 6. The molecule has 1 fully saturated rings. The molecule has 0 radical (unpaired) electrons. The van der Waals surface area contributed by atoms with Gasteiger partial charge in [0.25, 0.3) is 5.92 Å². The standard InChI is InChI=1S/C24H30ClF2NO3/c1-22(2,3)8-6-16-4-5-17(12-19(16)25)23-9-10-24(26,27)13-18(23)15-28(20(29)14-23)11-7-21(30)31/h4-5,12,15H,6-11,13-14H2,1-3H3,(H,30,31). The van der Waals surface area contributed by atoms with E-state index < -0.39 is 23.7 Å². The number of allylic oxidation sites excluding steroid dienone is 1. The topological polar surface area (TPSA) is 57.6 Å². The van der Waals surface area contributed by atoms with E-state index in [0.717, 1.165) is 24.0 Å². The molecule has 0 saturated heterocycles. The van der Waals surface area contributed by atoms with Crippen LogP contribution in [0.5, 0.6) is 0 Å². The number of aliphatic carboxylic acids is 1. The Balaban J connectivity index is 1.95. The summed E-state index contributed by atoms with van der Waals surface area (Å²) in [4.78, 5) is 25.0. The molecule has 1 amide bonds. The lowest BCUT2D eigenvalue weighted by molar-refractivity contribution is -0.138. The van der Waals surface area contributed by atoms with Crippen molar-refractivity contribution in [3.8, 4) is 0 Å². The van der Waals surface area contributed by atoms with Gasteiger partial charge in [-0.15, -0.1) is 0 Å². The Morgan fingerprint density at radius 3 is 2.55 bits per heavy atom. The van der Waals surface area contributed by atoms with E-state index >= 15 is 0 Å². The van der Waals surface area contributed by atoms with Crippen LogP contribution < -0.4 is 0 Å². The molecule has 31 heavy (non-hydrogen) atoms. The average Bonchev–Trinajstić information content (AvgIpc) is 2.64. The molecule has 1 aromatic rings. The number of fused-ring (bicyclic) bond motifs is 1. The monoisotopic (exact) mass is 453 g/mol. The molecule has 0 bridgehead atoms. The molecule has 3 rings (SSSR count). The molecule has 0 aromatic heterocycles. The number of carbonyl (C=O) groups is 2. The van der Waals surface area contributed by atoms with E-state index in [1.165, 1.54) is 11.1 Å². The van der Waals surface area contributed by atoms with Crippen molar-refractivity contribution < 1.29 is 23.5 Å². The molecule has 1 atom stereocenters. The number of alkyl halides is 2. The van der Waals surface area contributed by atoms with Gasteiger partial charge in [0.05, 0.1) is 6.42 Å². The lowest BCUT2D eigenvalue weighted by Gasteiger charge is -2.46. The number of halogens is 3. The number of nitrogens with zero attached hydrogens (tertiary/aromatic N) is 1. The van der Waals surface area contributed by atoms with Gasteiger partial charge in [0, 0.05) is 42.4 Å². The third kappa shape index (κ3) is 5.46. The maximum absolute atomic E-state index is 14.3. The molecule has 1 unspecified atom stereocenters. The normalized spacial score (nSPS) is 23.4. The maximum atomic E-state index is 14.3. The molecular weight excluding hydrogens is 424 g/mol. The summed E-state index contributed by atoms with van der Waals surface area (Å²) < 4.78 is 28.6. The minimum atomic E-state index is -2.84. The van der Waals surface area contributed by atoms with Crippen LogP contribution in [-0.4, -0.2) is 34.4 Å². The molecule has 7 heteroatoms. The summed E-state index contributed by atoms with van der Waals surface area (Å²) in [5.41, 5.74) is 1.62. The molecule has 1 saturated carbocycles. The Labute approximate surface area is 187 Å². The van der Waals surface area contributed by atoms with E-state index in [0.29, 0.717) is 10.6 Å². The maximum Gasteiger partial charge on any atom is 0.305 e. The third-order valence-electron chi connectivity index (χ3n) is 6.38. The van der Waals surface area contributed by atoms with Crippen LogP contribution >= 0.6 is 11.6 Å². The molecule has 1 aliphatic heterocycles. The number of aryl methyl sites for hydroxylation is 1. The van der Waals surface area contributed by atoms with Crippen LogP contribution in [0.4, 0.5) is 8.78 Å². The van der Waals surface area contributed by atoms with Crippen LogP contribution in [0, 0.1) is 5.41 Å². The third-order valence-corrected chi connectivity index (χ3v) is 6.73. The number of hydrogen-bond acceptors (Lipinski definition) is 2. The Bertz CT molecular complexity index is 907. The van der Waals surface area contributed by atoms with Gasteiger partial charge in [-0.25, -0.2) is 8.78 Å². The zero-order chi connectivity index (χ0) is 23.0. The molecule has 170 valence electrons. The van der Waals surface area contributed by atoms with Crippen LogP contribution in [-0.2, 0) is 21.4 Å². The van der Waals surface area contributed by atoms with Gasteiger partial charge in [0.1, 0.15) is 0 Å². The van der Waals surface area contributed by atoms with Crippen LogP contribution in [0.15, 0.2) is 30.0 Å². The van der Waals surface area contributed by atoms with E-state index in [2.05, 4.69) is 20.8 Å². The van der Waals surface area contributed by atoms with Gasteiger partial charge >= 0.3 is 5.97 Å². The number of benzene rings is 1. The summed E-state index contributed by atoms with van der Waals surface area (Å²) in [6, 6.07) is 5.70. The first-order valence-electron chi connectivity index (χ1n) is 10.7. The fourth-order valence-corrected chi connectivity index (χ4v) is 4.75. The molecule has 1 heterocycles. The zero-order valence-electron chi connectivity index (χ0n) is 18.3.